The average molecular weight is 314 g/mol. The summed E-state index contributed by atoms with van der Waals surface area (Å²) >= 11 is 0. The van der Waals surface area contributed by atoms with Gasteiger partial charge in [-0.1, -0.05) is 44.2 Å². The number of aromatic nitrogens is 2. The number of benzene rings is 2. The highest BCUT2D eigenvalue weighted by Gasteiger charge is 2.12. The summed E-state index contributed by atoms with van der Waals surface area (Å²) in [5.41, 5.74) is 6.07. The van der Waals surface area contributed by atoms with Gasteiger partial charge < -0.3 is 4.57 Å². The normalized spacial score (nSPS) is 11.7. The number of para-hydroxylation sites is 1. The van der Waals surface area contributed by atoms with Gasteiger partial charge in [-0.15, -0.1) is 0 Å². The molecule has 2 nitrogen and oxygen atoms in total. The lowest BCUT2D eigenvalue weighted by Gasteiger charge is -2.11. The summed E-state index contributed by atoms with van der Waals surface area (Å²) in [4.78, 5) is 4.55. The third kappa shape index (κ3) is 2.48. The van der Waals surface area contributed by atoms with Gasteiger partial charge in [-0.2, -0.15) is 0 Å². The van der Waals surface area contributed by atoms with Crippen LogP contribution in [0.15, 0.2) is 60.8 Å². The summed E-state index contributed by atoms with van der Waals surface area (Å²) in [6.07, 6.45) is 1.89. The molecule has 0 N–H and O–H groups in total. The Hall–Kier alpha value is -2.61. The number of rotatable bonds is 3. The van der Waals surface area contributed by atoms with Gasteiger partial charge in [-0.3, -0.25) is 4.98 Å². The lowest BCUT2D eigenvalue weighted by atomic mass is 10.1. The molecule has 0 amide bonds. The van der Waals surface area contributed by atoms with Crippen molar-refractivity contribution in [1.29, 1.82) is 0 Å². The standard InChI is InChI=1S/C22H22N2/c1-15(2)14-24-21-7-5-4-6-18(21)19-9-8-17(13-22(19)24)20-12-16(3)10-11-23-20/h4-13,15H,14H2,1-3H3. The van der Waals surface area contributed by atoms with Crippen molar-refractivity contribution in [2.45, 2.75) is 27.3 Å². The second kappa shape index (κ2) is 5.79. The van der Waals surface area contributed by atoms with Crippen LogP contribution < -0.4 is 0 Å². The molecule has 0 fully saturated rings. The highest BCUT2D eigenvalue weighted by molar-refractivity contribution is 6.08. The first-order valence-corrected chi connectivity index (χ1v) is 8.57. The van der Waals surface area contributed by atoms with E-state index in [2.05, 4.69) is 78.9 Å². The Morgan fingerprint density at radius 3 is 2.50 bits per heavy atom. The Bertz CT molecular complexity index is 1020. The summed E-state index contributed by atoms with van der Waals surface area (Å²) in [6, 6.07) is 19.6. The van der Waals surface area contributed by atoms with Gasteiger partial charge >= 0.3 is 0 Å². The number of hydrogen-bond acceptors (Lipinski definition) is 1. The van der Waals surface area contributed by atoms with Gasteiger partial charge in [0.15, 0.2) is 0 Å². The summed E-state index contributed by atoms with van der Waals surface area (Å²) in [6.45, 7) is 7.67. The molecule has 0 atom stereocenters. The average Bonchev–Trinajstić information content (AvgIpc) is 2.88. The van der Waals surface area contributed by atoms with Gasteiger partial charge in [0.1, 0.15) is 0 Å². The fourth-order valence-electron chi connectivity index (χ4n) is 3.46. The second-order valence-electron chi connectivity index (χ2n) is 6.97. The molecule has 4 aromatic rings. The molecule has 0 saturated heterocycles. The molecule has 0 aliphatic rings. The molecule has 0 spiro atoms. The zero-order valence-electron chi connectivity index (χ0n) is 14.5. The Labute approximate surface area is 142 Å². The molecule has 0 bridgehead atoms. The molecule has 120 valence electrons. The highest BCUT2D eigenvalue weighted by Crippen LogP contribution is 2.32. The van der Waals surface area contributed by atoms with Crippen molar-refractivity contribution in [2.75, 3.05) is 0 Å². The largest absolute Gasteiger partial charge is 0.340 e. The van der Waals surface area contributed by atoms with Gasteiger partial charge in [0.25, 0.3) is 0 Å². The van der Waals surface area contributed by atoms with E-state index in [4.69, 9.17) is 0 Å². The SMILES string of the molecule is Cc1ccnc(-c2ccc3c4ccccc4n(CC(C)C)c3c2)c1. The molecule has 0 aliphatic heterocycles. The van der Waals surface area contributed by atoms with Crippen molar-refractivity contribution in [2.24, 2.45) is 5.92 Å². The monoisotopic (exact) mass is 314 g/mol. The molecule has 0 aliphatic carbocycles. The minimum absolute atomic E-state index is 0.602. The van der Waals surface area contributed by atoms with Gasteiger partial charge in [-0.25, -0.2) is 0 Å². The van der Waals surface area contributed by atoms with Crippen molar-refractivity contribution >= 4 is 21.8 Å². The van der Waals surface area contributed by atoms with Crippen LogP contribution in [0, 0.1) is 12.8 Å². The predicted octanol–water partition coefficient (Wildman–Crippen LogP) is 5.82. The van der Waals surface area contributed by atoms with Gasteiger partial charge in [0, 0.05) is 40.1 Å². The predicted molar refractivity (Wildman–Crippen MR) is 102 cm³/mol. The van der Waals surface area contributed by atoms with Crippen molar-refractivity contribution in [3.8, 4) is 11.3 Å². The van der Waals surface area contributed by atoms with Crippen LogP contribution in [0.1, 0.15) is 19.4 Å². The Morgan fingerprint density at radius 1 is 0.917 bits per heavy atom. The molecule has 0 unspecified atom stereocenters. The molecule has 2 heterocycles. The lowest BCUT2D eigenvalue weighted by molar-refractivity contribution is 0.545. The van der Waals surface area contributed by atoms with E-state index in [0.29, 0.717) is 5.92 Å². The first-order chi connectivity index (χ1) is 11.6. The summed E-state index contributed by atoms with van der Waals surface area (Å²) in [5.74, 6) is 0.602. The molecular weight excluding hydrogens is 292 g/mol. The molecular formula is C22H22N2. The van der Waals surface area contributed by atoms with Crippen LogP contribution in [-0.4, -0.2) is 9.55 Å². The summed E-state index contributed by atoms with van der Waals surface area (Å²) in [7, 11) is 0. The van der Waals surface area contributed by atoms with E-state index in [1.54, 1.807) is 0 Å². The third-order valence-electron chi connectivity index (χ3n) is 4.53. The third-order valence-corrected chi connectivity index (χ3v) is 4.53. The van der Waals surface area contributed by atoms with Crippen LogP contribution in [0.4, 0.5) is 0 Å². The number of fused-ring (bicyclic) bond motifs is 3. The number of hydrogen-bond donors (Lipinski definition) is 0. The first kappa shape index (κ1) is 14.9. The van der Waals surface area contributed by atoms with Crippen LogP contribution in [0.3, 0.4) is 0 Å². The molecule has 2 aromatic carbocycles. The van der Waals surface area contributed by atoms with Crippen LogP contribution in [-0.2, 0) is 6.54 Å². The maximum absolute atomic E-state index is 4.55. The fraction of sp³-hybridized carbons (Fsp3) is 0.227. The number of pyridine rings is 1. The van der Waals surface area contributed by atoms with Crippen molar-refractivity contribution in [3.05, 3.63) is 66.4 Å². The zero-order chi connectivity index (χ0) is 16.7. The minimum atomic E-state index is 0.602. The van der Waals surface area contributed by atoms with Crippen LogP contribution >= 0.6 is 0 Å². The molecule has 0 radical (unpaired) electrons. The number of aryl methyl sites for hydroxylation is 1. The molecule has 4 rings (SSSR count). The van der Waals surface area contributed by atoms with Gasteiger partial charge in [0.2, 0.25) is 0 Å². The Balaban J connectivity index is 2.00. The van der Waals surface area contributed by atoms with E-state index in [1.165, 1.54) is 32.9 Å². The van der Waals surface area contributed by atoms with Crippen molar-refractivity contribution < 1.29 is 0 Å². The lowest BCUT2D eigenvalue weighted by Crippen LogP contribution is -2.03. The first-order valence-electron chi connectivity index (χ1n) is 8.57. The van der Waals surface area contributed by atoms with Crippen LogP contribution in [0.25, 0.3) is 33.1 Å². The number of nitrogens with zero attached hydrogens (tertiary/aromatic N) is 2. The Morgan fingerprint density at radius 2 is 1.71 bits per heavy atom. The van der Waals surface area contributed by atoms with E-state index in [9.17, 15) is 0 Å². The van der Waals surface area contributed by atoms with E-state index in [1.807, 2.05) is 12.3 Å². The van der Waals surface area contributed by atoms with Gasteiger partial charge in [-0.05, 0) is 42.7 Å². The summed E-state index contributed by atoms with van der Waals surface area (Å²) in [5, 5.41) is 2.65. The van der Waals surface area contributed by atoms with E-state index < -0.39 is 0 Å². The molecule has 24 heavy (non-hydrogen) atoms. The summed E-state index contributed by atoms with van der Waals surface area (Å²) < 4.78 is 2.45. The highest BCUT2D eigenvalue weighted by atomic mass is 15.0. The van der Waals surface area contributed by atoms with E-state index in [0.717, 1.165) is 12.2 Å². The molecule has 2 heteroatoms. The van der Waals surface area contributed by atoms with Crippen LogP contribution in [0.5, 0.6) is 0 Å². The van der Waals surface area contributed by atoms with E-state index in [-0.39, 0.29) is 0 Å². The van der Waals surface area contributed by atoms with Crippen molar-refractivity contribution in [3.63, 3.8) is 0 Å². The topological polar surface area (TPSA) is 17.8 Å². The zero-order valence-corrected chi connectivity index (χ0v) is 14.5. The van der Waals surface area contributed by atoms with E-state index >= 15 is 0 Å². The smallest absolute Gasteiger partial charge is 0.0705 e. The van der Waals surface area contributed by atoms with Crippen LogP contribution in [0.2, 0.25) is 0 Å². The molecule has 2 aromatic heterocycles. The maximum atomic E-state index is 4.55. The van der Waals surface area contributed by atoms with Gasteiger partial charge in [0.05, 0.1) is 5.69 Å². The fourth-order valence-corrected chi connectivity index (χ4v) is 3.46. The maximum Gasteiger partial charge on any atom is 0.0705 e. The quantitative estimate of drug-likeness (QED) is 0.466. The van der Waals surface area contributed by atoms with Crippen molar-refractivity contribution in [1.82, 2.24) is 9.55 Å². The second-order valence-corrected chi connectivity index (χ2v) is 6.97. The Kier molecular flexibility index (Phi) is 3.61. The molecule has 0 saturated carbocycles. The minimum Gasteiger partial charge on any atom is -0.340 e.